The largest absolute Gasteiger partial charge is 0.353 e. The van der Waals surface area contributed by atoms with Gasteiger partial charge in [0.25, 0.3) is 5.91 Å². The minimum absolute atomic E-state index is 0.0794. The monoisotopic (exact) mass is 624 g/mol. The van der Waals surface area contributed by atoms with Crippen molar-refractivity contribution >= 4 is 69.7 Å². The van der Waals surface area contributed by atoms with E-state index in [0.29, 0.717) is 34.4 Å². The standard InChI is InChI=1S/C28H38Cl2N6O4S/c1-27(2,3)20-15-19(33-26(40)32-18-10-8-9-17(29)22(18)30)23(41-20)24(38)36-14-13-35(25(39)28(36,4)5)16-21(37)31-11-12-34(6)7/h8-10,15H,11-14,16H2,1-7H3,(H,31,37)(H2,32,33,40). The van der Waals surface area contributed by atoms with Crippen LogP contribution < -0.4 is 16.0 Å². The van der Waals surface area contributed by atoms with Crippen molar-refractivity contribution in [2.75, 3.05) is 57.5 Å². The Labute approximate surface area is 255 Å². The smallest absolute Gasteiger partial charge is 0.323 e. The van der Waals surface area contributed by atoms with Crippen LogP contribution in [-0.4, -0.2) is 90.8 Å². The van der Waals surface area contributed by atoms with Crippen LogP contribution >= 0.6 is 34.5 Å². The first-order valence-corrected chi connectivity index (χ1v) is 14.8. The Morgan fingerprint density at radius 1 is 1.07 bits per heavy atom. The van der Waals surface area contributed by atoms with Crippen molar-refractivity contribution < 1.29 is 19.2 Å². The van der Waals surface area contributed by atoms with Gasteiger partial charge in [-0.25, -0.2) is 4.79 Å². The van der Waals surface area contributed by atoms with Crippen LogP contribution in [0, 0.1) is 0 Å². The molecule has 41 heavy (non-hydrogen) atoms. The Morgan fingerprint density at radius 3 is 2.37 bits per heavy atom. The van der Waals surface area contributed by atoms with Gasteiger partial charge >= 0.3 is 6.03 Å². The molecule has 2 heterocycles. The summed E-state index contributed by atoms with van der Waals surface area (Å²) in [5.74, 6) is -0.952. The number of nitrogens with zero attached hydrogens (tertiary/aromatic N) is 3. The first-order chi connectivity index (χ1) is 19.0. The van der Waals surface area contributed by atoms with E-state index in [2.05, 4.69) is 16.0 Å². The fraction of sp³-hybridized carbons (Fsp3) is 0.500. The molecule has 0 saturated carbocycles. The number of halogens is 2. The third kappa shape index (κ3) is 7.91. The quantitative estimate of drug-likeness (QED) is 0.393. The molecule has 3 rings (SSSR count). The van der Waals surface area contributed by atoms with Gasteiger partial charge in [0, 0.05) is 31.1 Å². The van der Waals surface area contributed by atoms with Crippen molar-refractivity contribution in [2.45, 2.75) is 45.6 Å². The van der Waals surface area contributed by atoms with E-state index < -0.39 is 11.6 Å². The molecule has 2 aromatic rings. The predicted octanol–water partition coefficient (Wildman–Crippen LogP) is 4.74. The van der Waals surface area contributed by atoms with Crippen LogP contribution in [0.4, 0.5) is 16.2 Å². The second kappa shape index (κ2) is 13.0. The molecule has 224 valence electrons. The van der Waals surface area contributed by atoms with Crippen LogP contribution in [0.3, 0.4) is 0 Å². The second-order valence-electron chi connectivity index (χ2n) is 11.7. The number of hydrogen-bond donors (Lipinski definition) is 3. The van der Waals surface area contributed by atoms with Gasteiger partial charge in [0.05, 0.1) is 28.0 Å². The van der Waals surface area contributed by atoms with Crippen molar-refractivity contribution in [2.24, 2.45) is 0 Å². The Morgan fingerprint density at radius 2 is 1.73 bits per heavy atom. The van der Waals surface area contributed by atoms with E-state index in [1.807, 2.05) is 39.8 Å². The molecule has 1 fully saturated rings. The molecule has 0 unspecified atom stereocenters. The van der Waals surface area contributed by atoms with Gasteiger partial charge in [0.1, 0.15) is 10.4 Å². The zero-order valence-corrected chi connectivity index (χ0v) is 26.8. The molecule has 13 heteroatoms. The van der Waals surface area contributed by atoms with Crippen molar-refractivity contribution in [1.82, 2.24) is 20.0 Å². The summed E-state index contributed by atoms with van der Waals surface area (Å²) in [4.78, 5) is 58.9. The van der Waals surface area contributed by atoms with Crippen LogP contribution in [0.5, 0.6) is 0 Å². The van der Waals surface area contributed by atoms with Crippen molar-refractivity contribution in [3.05, 3.63) is 44.1 Å². The van der Waals surface area contributed by atoms with Gasteiger partial charge in [0.2, 0.25) is 11.8 Å². The van der Waals surface area contributed by atoms with E-state index in [-0.39, 0.29) is 47.8 Å². The summed E-state index contributed by atoms with van der Waals surface area (Å²) < 4.78 is 0. The molecule has 10 nitrogen and oxygen atoms in total. The highest BCUT2D eigenvalue weighted by Gasteiger charge is 2.45. The molecule has 0 radical (unpaired) electrons. The van der Waals surface area contributed by atoms with E-state index in [1.54, 1.807) is 38.1 Å². The normalized spacial score (nSPS) is 15.2. The lowest BCUT2D eigenvalue weighted by Crippen LogP contribution is -2.65. The van der Waals surface area contributed by atoms with E-state index >= 15 is 0 Å². The molecule has 1 aliphatic rings. The molecule has 0 aliphatic carbocycles. The summed E-state index contributed by atoms with van der Waals surface area (Å²) in [7, 11) is 3.82. The van der Waals surface area contributed by atoms with Gasteiger partial charge in [-0.3, -0.25) is 14.4 Å². The number of nitrogens with one attached hydrogen (secondary N) is 3. The van der Waals surface area contributed by atoms with Gasteiger partial charge in [0.15, 0.2) is 0 Å². The van der Waals surface area contributed by atoms with Crippen LogP contribution in [0.15, 0.2) is 24.3 Å². The number of likely N-dealkylation sites (N-methyl/N-ethyl adjacent to an activating group) is 1. The summed E-state index contributed by atoms with van der Waals surface area (Å²) in [6, 6.07) is 6.07. The summed E-state index contributed by atoms with van der Waals surface area (Å²) >= 11 is 13.6. The number of thiophene rings is 1. The molecule has 3 N–H and O–H groups in total. The Bertz CT molecular complexity index is 1320. The highest BCUT2D eigenvalue weighted by Crippen LogP contribution is 2.38. The Kier molecular flexibility index (Phi) is 10.3. The molecule has 1 aromatic heterocycles. The molecule has 1 aliphatic heterocycles. The van der Waals surface area contributed by atoms with E-state index in [9.17, 15) is 19.2 Å². The van der Waals surface area contributed by atoms with E-state index in [1.165, 1.54) is 21.1 Å². The number of rotatable bonds is 8. The van der Waals surface area contributed by atoms with Crippen molar-refractivity contribution in [3.8, 4) is 0 Å². The Hall–Kier alpha value is -2.86. The third-order valence-electron chi connectivity index (χ3n) is 6.65. The SMILES string of the molecule is CN(C)CCNC(=O)CN1CCN(C(=O)c2sc(C(C)(C)C)cc2NC(=O)Nc2cccc(Cl)c2Cl)C(C)(C)C1=O. The van der Waals surface area contributed by atoms with Crippen molar-refractivity contribution in [3.63, 3.8) is 0 Å². The maximum absolute atomic E-state index is 14.0. The average molecular weight is 626 g/mol. The molecule has 1 aromatic carbocycles. The first kappa shape index (κ1) is 32.7. The maximum atomic E-state index is 14.0. The van der Waals surface area contributed by atoms with E-state index in [0.717, 1.165) is 4.88 Å². The first-order valence-electron chi connectivity index (χ1n) is 13.2. The third-order valence-corrected chi connectivity index (χ3v) is 9.02. The minimum atomic E-state index is -1.21. The highest BCUT2D eigenvalue weighted by molar-refractivity contribution is 7.14. The molecule has 0 bridgehead atoms. The summed E-state index contributed by atoms with van der Waals surface area (Å²) in [6.07, 6.45) is 0. The molecular formula is C28H38Cl2N6O4S. The minimum Gasteiger partial charge on any atom is -0.353 e. The number of carbonyl (C=O) groups excluding carboxylic acids is 4. The average Bonchev–Trinajstić information content (AvgIpc) is 3.28. The summed E-state index contributed by atoms with van der Waals surface area (Å²) in [5.41, 5.74) is -0.856. The summed E-state index contributed by atoms with van der Waals surface area (Å²) in [6.45, 7) is 10.9. The lowest BCUT2D eigenvalue weighted by Gasteiger charge is -2.45. The second-order valence-corrected chi connectivity index (χ2v) is 13.5. The number of hydrogen-bond acceptors (Lipinski definition) is 6. The van der Waals surface area contributed by atoms with Gasteiger partial charge in [-0.15, -0.1) is 11.3 Å². The number of benzene rings is 1. The molecule has 0 spiro atoms. The van der Waals surface area contributed by atoms with E-state index in [4.69, 9.17) is 23.2 Å². The van der Waals surface area contributed by atoms with Crippen LogP contribution in [0.25, 0.3) is 0 Å². The number of carbonyl (C=O) groups is 4. The van der Waals surface area contributed by atoms with Gasteiger partial charge in [-0.1, -0.05) is 50.0 Å². The number of anilines is 2. The lowest BCUT2D eigenvalue weighted by molar-refractivity contribution is -0.149. The molecule has 1 saturated heterocycles. The Balaban J connectivity index is 1.80. The fourth-order valence-corrected chi connectivity index (χ4v) is 5.74. The molecule has 5 amide bonds. The van der Waals surface area contributed by atoms with Gasteiger partial charge < -0.3 is 30.7 Å². The number of urea groups is 1. The van der Waals surface area contributed by atoms with Crippen molar-refractivity contribution in [1.29, 1.82) is 0 Å². The fourth-order valence-electron chi connectivity index (χ4n) is 4.27. The molecular weight excluding hydrogens is 587 g/mol. The predicted molar refractivity (Wildman–Crippen MR) is 165 cm³/mol. The lowest BCUT2D eigenvalue weighted by atomic mass is 9.94. The zero-order chi connectivity index (χ0) is 30.7. The van der Waals surface area contributed by atoms with Crippen LogP contribution in [0.1, 0.15) is 49.2 Å². The van der Waals surface area contributed by atoms with Crippen LogP contribution in [0.2, 0.25) is 10.0 Å². The van der Waals surface area contributed by atoms with Gasteiger partial charge in [-0.05, 0) is 51.6 Å². The van der Waals surface area contributed by atoms with Crippen LogP contribution in [-0.2, 0) is 15.0 Å². The molecule has 0 atom stereocenters. The van der Waals surface area contributed by atoms with Gasteiger partial charge in [-0.2, -0.15) is 0 Å². The maximum Gasteiger partial charge on any atom is 0.323 e. The number of amides is 5. The number of piperazine rings is 1. The zero-order valence-electron chi connectivity index (χ0n) is 24.5. The topological polar surface area (TPSA) is 114 Å². The summed E-state index contributed by atoms with van der Waals surface area (Å²) in [5, 5.41) is 8.77. The highest BCUT2D eigenvalue weighted by atomic mass is 35.5.